The van der Waals surface area contributed by atoms with Gasteiger partial charge in [-0.1, -0.05) is 37.3 Å². The Bertz CT molecular complexity index is 805. The van der Waals surface area contributed by atoms with E-state index < -0.39 is 0 Å². The summed E-state index contributed by atoms with van der Waals surface area (Å²) in [5, 5.41) is 1.33. The van der Waals surface area contributed by atoms with E-state index in [1.54, 1.807) is 18.2 Å². The second-order valence-electron chi connectivity index (χ2n) is 6.78. The number of nitrogens with zero attached hydrogens (tertiary/aromatic N) is 2. The van der Waals surface area contributed by atoms with Crippen LogP contribution in [0.2, 0.25) is 0 Å². The average molecular weight is 353 g/mol. The molecule has 3 nitrogen and oxygen atoms in total. The van der Waals surface area contributed by atoms with Crippen molar-refractivity contribution >= 4 is 10.9 Å². The first-order valence-electron chi connectivity index (χ1n) is 9.43. The minimum Gasteiger partial charge on any atom is -0.344 e. The number of likely N-dealkylation sites (tertiary alicyclic amines) is 1. The highest BCUT2D eigenvalue weighted by Crippen LogP contribution is 2.28. The lowest BCUT2D eigenvalue weighted by Gasteiger charge is -2.32. The number of nitrogens with two attached hydrogens (primary N) is 1. The number of hydrogen-bond acceptors (Lipinski definition) is 2. The molecule has 0 atom stereocenters. The van der Waals surface area contributed by atoms with Crippen LogP contribution >= 0.6 is 0 Å². The molecule has 1 aliphatic rings. The Morgan fingerprint density at radius 3 is 2.35 bits per heavy atom. The largest absolute Gasteiger partial charge is 0.344 e. The molecular weight excluding hydrogens is 325 g/mol. The summed E-state index contributed by atoms with van der Waals surface area (Å²) in [6.45, 7) is 6.49. The number of hydrogen-bond donors (Lipinski definition) is 1. The standard InChI is InChI=1S/C16H23N3.C6H5F/c1-2-18-8-6-15(7-9-18)19-10-5-14-4-3-13(12-17)11-16(14)19;7-6-4-2-1-3-5-6/h3-5,10-11,15H,2,6-9,12,17H2,1H3;1-5H. The monoisotopic (exact) mass is 353 g/mol. The Balaban J connectivity index is 0.000000236. The fourth-order valence-corrected chi connectivity index (χ4v) is 3.57. The molecule has 3 aromatic rings. The van der Waals surface area contributed by atoms with E-state index in [0.717, 1.165) is 0 Å². The third-order valence-electron chi connectivity index (χ3n) is 5.15. The van der Waals surface area contributed by atoms with Crippen LogP contribution in [0.15, 0.2) is 60.8 Å². The summed E-state index contributed by atoms with van der Waals surface area (Å²) in [7, 11) is 0. The molecule has 138 valence electrons. The van der Waals surface area contributed by atoms with Crippen molar-refractivity contribution in [3.63, 3.8) is 0 Å². The van der Waals surface area contributed by atoms with Crippen LogP contribution in [0.1, 0.15) is 31.4 Å². The van der Waals surface area contributed by atoms with E-state index in [4.69, 9.17) is 5.73 Å². The van der Waals surface area contributed by atoms with Crippen LogP contribution in [0.4, 0.5) is 4.39 Å². The Kier molecular flexibility index (Phi) is 6.42. The third-order valence-corrected chi connectivity index (χ3v) is 5.15. The van der Waals surface area contributed by atoms with Gasteiger partial charge in [-0.15, -0.1) is 0 Å². The van der Waals surface area contributed by atoms with E-state index in [1.165, 1.54) is 61.1 Å². The van der Waals surface area contributed by atoms with Crippen molar-refractivity contribution < 1.29 is 4.39 Å². The first-order chi connectivity index (χ1) is 12.7. The second kappa shape index (κ2) is 8.97. The number of fused-ring (bicyclic) bond motifs is 1. The summed E-state index contributed by atoms with van der Waals surface area (Å²) in [5.74, 6) is -0.178. The van der Waals surface area contributed by atoms with Crippen molar-refractivity contribution in [2.75, 3.05) is 19.6 Å². The Hall–Kier alpha value is -2.17. The van der Waals surface area contributed by atoms with E-state index in [2.05, 4.69) is 46.9 Å². The maximum Gasteiger partial charge on any atom is 0.123 e. The molecule has 4 heteroatoms. The lowest BCUT2D eigenvalue weighted by molar-refractivity contribution is 0.197. The van der Waals surface area contributed by atoms with Gasteiger partial charge in [-0.25, -0.2) is 4.39 Å². The molecule has 0 amide bonds. The molecule has 0 aliphatic carbocycles. The summed E-state index contributed by atoms with van der Waals surface area (Å²) < 4.78 is 14.4. The molecule has 2 aromatic carbocycles. The lowest BCUT2D eigenvalue weighted by atomic mass is 10.0. The van der Waals surface area contributed by atoms with Gasteiger partial charge in [-0.3, -0.25) is 0 Å². The summed E-state index contributed by atoms with van der Waals surface area (Å²) in [4.78, 5) is 2.54. The Morgan fingerprint density at radius 1 is 1.04 bits per heavy atom. The zero-order valence-corrected chi connectivity index (χ0v) is 15.4. The van der Waals surface area contributed by atoms with Gasteiger partial charge in [0, 0.05) is 37.4 Å². The van der Waals surface area contributed by atoms with Crippen LogP contribution in [0.25, 0.3) is 10.9 Å². The minimum absolute atomic E-state index is 0.178. The fourth-order valence-electron chi connectivity index (χ4n) is 3.57. The van der Waals surface area contributed by atoms with Crippen LogP contribution in [-0.2, 0) is 6.54 Å². The molecule has 1 saturated heterocycles. The molecule has 2 N–H and O–H groups in total. The van der Waals surface area contributed by atoms with Gasteiger partial charge in [0.1, 0.15) is 5.82 Å². The highest BCUT2D eigenvalue weighted by atomic mass is 19.1. The molecule has 1 fully saturated rings. The van der Waals surface area contributed by atoms with Crippen LogP contribution in [-0.4, -0.2) is 29.1 Å². The van der Waals surface area contributed by atoms with Crippen molar-refractivity contribution in [1.82, 2.24) is 9.47 Å². The molecule has 4 rings (SSSR count). The SMILES string of the molecule is CCN1CCC(n2ccc3ccc(CN)cc32)CC1.Fc1ccccc1. The molecule has 2 heterocycles. The molecule has 1 aromatic heterocycles. The zero-order valence-electron chi connectivity index (χ0n) is 15.4. The van der Waals surface area contributed by atoms with Gasteiger partial charge < -0.3 is 15.2 Å². The van der Waals surface area contributed by atoms with E-state index in [9.17, 15) is 4.39 Å². The fraction of sp³-hybridized carbons (Fsp3) is 0.364. The first-order valence-corrected chi connectivity index (χ1v) is 9.43. The van der Waals surface area contributed by atoms with Crippen LogP contribution in [0.3, 0.4) is 0 Å². The van der Waals surface area contributed by atoms with E-state index in [-0.39, 0.29) is 5.82 Å². The second-order valence-corrected chi connectivity index (χ2v) is 6.78. The van der Waals surface area contributed by atoms with E-state index in [1.807, 2.05) is 0 Å². The topological polar surface area (TPSA) is 34.2 Å². The van der Waals surface area contributed by atoms with Crippen LogP contribution in [0.5, 0.6) is 0 Å². The molecule has 0 unspecified atom stereocenters. The maximum atomic E-state index is 11.9. The normalized spacial score (nSPS) is 15.7. The quantitative estimate of drug-likeness (QED) is 0.748. The average Bonchev–Trinajstić information content (AvgIpc) is 3.12. The van der Waals surface area contributed by atoms with Crippen LogP contribution < -0.4 is 5.73 Å². The van der Waals surface area contributed by atoms with Gasteiger partial charge in [0.25, 0.3) is 0 Å². The Morgan fingerprint density at radius 2 is 1.77 bits per heavy atom. The van der Waals surface area contributed by atoms with Gasteiger partial charge in [-0.05, 0) is 54.6 Å². The third kappa shape index (κ3) is 4.51. The van der Waals surface area contributed by atoms with Crippen LogP contribution in [0, 0.1) is 5.82 Å². The van der Waals surface area contributed by atoms with Crippen molar-refractivity contribution in [1.29, 1.82) is 0 Å². The number of piperidine rings is 1. The van der Waals surface area contributed by atoms with Gasteiger partial charge >= 0.3 is 0 Å². The smallest absolute Gasteiger partial charge is 0.123 e. The molecule has 0 saturated carbocycles. The number of halogens is 1. The first kappa shape index (κ1) is 18.6. The molecule has 0 spiro atoms. The zero-order chi connectivity index (χ0) is 18.4. The van der Waals surface area contributed by atoms with Crippen molar-refractivity contribution in [2.45, 2.75) is 32.4 Å². The lowest BCUT2D eigenvalue weighted by Crippen LogP contribution is -2.34. The van der Waals surface area contributed by atoms with Gasteiger partial charge in [0.05, 0.1) is 0 Å². The van der Waals surface area contributed by atoms with Crippen molar-refractivity contribution in [3.8, 4) is 0 Å². The molecule has 1 aliphatic heterocycles. The highest BCUT2D eigenvalue weighted by Gasteiger charge is 2.20. The van der Waals surface area contributed by atoms with E-state index in [0.29, 0.717) is 12.6 Å². The van der Waals surface area contributed by atoms with Gasteiger partial charge in [0.2, 0.25) is 0 Å². The van der Waals surface area contributed by atoms with Gasteiger partial charge in [0.15, 0.2) is 0 Å². The van der Waals surface area contributed by atoms with E-state index >= 15 is 0 Å². The minimum atomic E-state index is -0.178. The number of benzene rings is 2. The molecule has 26 heavy (non-hydrogen) atoms. The molecular formula is C22H28FN3. The Labute approximate surface area is 155 Å². The highest BCUT2D eigenvalue weighted by molar-refractivity contribution is 5.81. The summed E-state index contributed by atoms with van der Waals surface area (Å²) in [5.41, 5.74) is 8.32. The van der Waals surface area contributed by atoms with Crippen molar-refractivity contribution in [2.24, 2.45) is 5.73 Å². The summed E-state index contributed by atoms with van der Waals surface area (Å²) in [6.07, 6.45) is 4.76. The maximum absolute atomic E-state index is 11.9. The number of rotatable bonds is 3. The predicted molar refractivity (Wildman–Crippen MR) is 107 cm³/mol. The summed E-state index contributed by atoms with van der Waals surface area (Å²) in [6, 6.07) is 17.4. The van der Waals surface area contributed by atoms with Gasteiger partial charge in [-0.2, -0.15) is 0 Å². The summed E-state index contributed by atoms with van der Waals surface area (Å²) >= 11 is 0. The molecule has 0 bridgehead atoms. The number of aromatic nitrogens is 1. The van der Waals surface area contributed by atoms with Crippen molar-refractivity contribution in [3.05, 3.63) is 72.2 Å². The molecule has 0 radical (unpaired) electrons. The predicted octanol–water partition coefficient (Wildman–Crippen LogP) is 4.58.